The third-order valence-corrected chi connectivity index (χ3v) is 7.72. The minimum Gasteiger partial charge on any atom is -0.492 e. The van der Waals surface area contributed by atoms with Gasteiger partial charge in [-0.25, -0.2) is 0 Å². The molecule has 2 aromatic heterocycles. The summed E-state index contributed by atoms with van der Waals surface area (Å²) in [5.41, 5.74) is 0. The lowest BCUT2D eigenvalue weighted by atomic mass is 10.1. The second-order valence-corrected chi connectivity index (χ2v) is 10.5. The number of thiophene rings is 2. The van der Waals surface area contributed by atoms with Crippen LogP contribution in [0.1, 0.15) is 35.4 Å². The summed E-state index contributed by atoms with van der Waals surface area (Å²) in [6.07, 6.45) is 8.15. The second-order valence-electron chi connectivity index (χ2n) is 7.00. The molecule has 2 aromatic rings. The number of amides is 1. The number of rotatable bonds is 11. The maximum Gasteiger partial charge on any atom is 0.236 e. The minimum absolute atomic E-state index is 0.0213. The number of nitrogens with one attached hydrogen (secondary N) is 1. The molecule has 29 heavy (non-hydrogen) atoms. The first kappa shape index (κ1) is 22.2. The normalized spacial score (nSPS) is 16.1. The van der Waals surface area contributed by atoms with Gasteiger partial charge in [0.2, 0.25) is 5.91 Å². The van der Waals surface area contributed by atoms with Gasteiger partial charge in [-0.15, -0.1) is 22.7 Å². The number of nitrogens with zero attached hydrogens (tertiary/aromatic N) is 1. The molecule has 3 heterocycles. The molecule has 1 aliphatic heterocycles. The van der Waals surface area contributed by atoms with Crippen molar-refractivity contribution in [3.8, 4) is 5.75 Å². The van der Waals surface area contributed by atoms with E-state index < -0.39 is 10.8 Å². The van der Waals surface area contributed by atoms with Crippen LogP contribution in [0.2, 0.25) is 0 Å². The van der Waals surface area contributed by atoms with Crippen LogP contribution in [0.4, 0.5) is 0 Å². The molecular weight excluding hydrogens is 424 g/mol. The van der Waals surface area contributed by atoms with E-state index in [0.29, 0.717) is 18.8 Å². The van der Waals surface area contributed by atoms with Crippen LogP contribution in [0.15, 0.2) is 41.2 Å². The molecule has 1 N–H and O–H groups in total. The minimum atomic E-state index is -1.18. The fourth-order valence-corrected chi connectivity index (χ4v) is 6.02. The Morgan fingerprint density at radius 3 is 2.90 bits per heavy atom. The van der Waals surface area contributed by atoms with Crippen LogP contribution in [-0.2, 0) is 27.9 Å². The van der Waals surface area contributed by atoms with E-state index in [4.69, 9.17) is 4.74 Å². The van der Waals surface area contributed by atoms with Gasteiger partial charge in [-0.1, -0.05) is 18.6 Å². The zero-order chi connectivity index (χ0) is 20.3. The Balaban J connectivity index is 1.26. The molecule has 1 saturated heterocycles. The lowest BCUT2D eigenvalue weighted by molar-refractivity contribution is -0.117. The highest BCUT2D eigenvalue weighted by Gasteiger charge is 2.12. The van der Waals surface area contributed by atoms with Crippen LogP contribution in [0.5, 0.6) is 5.75 Å². The maximum absolute atomic E-state index is 12.0. The van der Waals surface area contributed by atoms with Gasteiger partial charge in [-0.3, -0.25) is 13.9 Å². The van der Waals surface area contributed by atoms with Gasteiger partial charge in [0.25, 0.3) is 0 Å². The molecule has 0 spiro atoms. The number of hydrogen-bond acceptors (Lipinski definition) is 6. The van der Waals surface area contributed by atoms with E-state index in [2.05, 4.69) is 21.7 Å². The SMILES string of the molecule is O=C(CS(=O)Cc1cccs1)N/C=C\CCOc1csc(CN2CCCCC2)c1. The monoisotopic (exact) mass is 452 g/mol. The quantitative estimate of drug-likeness (QED) is 0.521. The molecule has 3 rings (SSSR count). The van der Waals surface area contributed by atoms with E-state index in [1.807, 2.05) is 23.6 Å². The standard InChI is InChI=1S/C21H28N2O3S3/c24-21(17-29(25)16-19-7-6-12-27-19)22-8-2-5-11-26-18-13-20(28-15-18)14-23-9-3-1-4-10-23/h2,6-8,12-13,15H,1,3-5,9-11,14,16-17H2,(H,22,24)/b8-2-. The van der Waals surface area contributed by atoms with Crippen LogP contribution in [0, 0.1) is 0 Å². The highest BCUT2D eigenvalue weighted by molar-refractivity contribution is 7.85. The number of piperidine rings is 1. The Kier molecular flexibility index (Phi) is 9.40. The van der Waals surface area contributed by atoms with E-state index in [1.54, 1.807) is 28.9 Å². The molecule has 5 nitrogen and oxygen atoms in total. The third-order valence-electron chi connectivity index (χ3n) is 4.55. The molecule has 158 valence electrons. The summed E-state index contributed by atoms with van der Waals surface area (Å²) >= 11 is 3.31. The number of carbonyl (C=O) groups is 1. The topological polar surface area (TPSA) is 58.6 Å². The largest absolute Gasteiger partial charge is 0.492 e. The van der Waals surface area contributed by atoms with Crippen molar-refractivity contribution in [3.63, 3.8) is 0 Å². The fraction of sp³-hybridized carbons (Fsp3) is 0.476. The van der Waals surface area contributed by atoms with E-state index in [-0.39, 0.29) is 11.7 Å². The van der Waals surface area contributed by atoms with Crippen molar-refractivity contribution in [2.45, 2.75) is 38.0 Å². The molecule has 0 saturated carbocycles. The van der Waals surface area contributed by atoms with Crippen LogP contribution >= 0.6 is 22.7 Å². The summed E-state index contributed by atoms with van der Waals surface area (Å²) in [7, 11) is -1.18. The molecule has 0 aliphatic carbocycles. The Morgan fingerprint density at radius 1 is 1.24 bits per heavy atom. The maximum atomic E-state index is 12.0. The van der Waals surface area contributed by atoms with Gasteiger partial charge in [0.15, 0.2) is 0 Å². The van der Waals surface area contributed by atoms with Gasteiger partial charge >= 0.3 is 0 Å². The lowest BCUT2D eigenvalue weighted by Gasteiger charge is -2.25. The molecule has 1 amide bonds. The van der Waals surface area contributed by atoms with E-state index >= 15 is 0 Å². The average Bonchev–Trinajstić information content (AvgIpc) is 3.37. The summed E-state index contributed by atoms with van der Waals surface area (Å²) in [4.78, 5) is 16.7. The molecular formula is C21H28N2O3S3. The second kappa shape index (κ2) is 12.3. The smallest absolute Gasteiger partial charge is 0.236 e. The van der Waals surface area contributed by atoms with Crippen molar-refractivity contribution in [1.29, 1.82) is 0 Å². The number of likely N-dealkylation sites (tertiary alicyclic amines) is 1. The molecule has 1 atom stereocenters. The van der Waals surface area contributed by atoms with Crippen LogP contribution < -0.4 is 10.1 Å². The Labute approximate surface area is 183 Å². The fourth-order valence-electron chi connectivity index (χ4n) is 3.13. The van der Waals surface area contributed by atoms with Crippen molar-refractivity contribution in [3.05, 3.63) is 51.0 Å². The Bertz CT molecular complexity index is 796. The zero-order valence-electron chi connectivity index (χ0n) is 16.5. The van der Waals surface area contributed by atoms with E-state index in [0.717, 1.165) is 17.2 Å². The predicted octanol–water partition coefficient (Wildman–Crippen LogP) is 4.14. The molecule has 8 heteroatoms. The Hall–Kier alpha value is -1.48. The van der Waals surface area contributed by atoms with Gasteiger partial charge in [0.1, 0.15) is 11.5 Å². The van der Waals surface area contributed by atoms with Gasteiger partial charge in [0, 0.05) is 38.9 Å². The summed E-state index contributed by atoms with van der Waals surface area (Å²) in [6, 6.07) is 5.99. The van der Waals surface area contributed by atoms with Crippen LogP contribution in [-0.4, -0.2) is 40.5 Å². The van der Waals surface area contributed by atoms with Gasteiger partial charge in [0.05, 0.1) is 12.4 Å². The molecule has 0 aromatic carbocycles. The van der Waals surface area contributed by atoms with Crippen LogP contribution in [0.3, 0.4) is 0 Å². The molecule has 0 radical (unpaired) electrons. The molecule has 0 bridgehead atoms. The van der Waals surface area contributed by atoms with E-state index in [1.165, 1.54) is 37.2 Å². The van der Waals surface area contributed by atoms with Crippen molar-refractivity contribution < 1.29 is 13.7 Å². The summed E-state index contributed by atoms with van der Waals surface area (Å²) in [6.45, 7) is 3.99. The zero-order valence-corrected chi connectivity index (χ0v) is 19.0. The van der Waals surface area contributed by atoms with Crippen molar-refractivity contribution in [1.82, 2.24) is 10.2 Å². The average molecular weight is 453 g/mol. The summed E-state index contributed by atoms with van der Waals surface area (Å²) in [5.74, 6) is 1.15. The highest BCUT2D eigenvalue weighted by atomic mass is 32.2. The van der Waals surface area contributed by atoms with Gasteiger partial charge in [-0.05, 0) is 49.6 Å². The summed E-state index contributed by atoms with van der Waals surface area (Å²) < 4.78 is 17.7. The first-order valence-electron chi connectivity index (χ1n) is 9.93. The molecule has 1 aliphatic rings. The van der Waals surface area contributed by atoms with Crippen molar-refractivity contribution in [2.24, 2.45) is 0 Å². The molecule has 1 fully saturated rings. The van der Waals surface area contributed by atoms with Gasteiger partial charge < -0.3 is 10.1 Å². The number of hydrogen-bond donors (Lipinski definition) is 1. The van der Waals surface area contributed by atoms with Gasteiger partial charge in [-0.2, -0.15) is 0 Å². The third kappa shape index (κ3) is 8.42. The van der Waals surface area contributed by atoms with Crippen molar-refractivity contribution >= 4 is 39.4 Å². The summed E-state index contributed by atoms with van der Waals surface area (Å²) in [5, 5.41) is 6.68. The van der Waals surface area contributed by atoms with E-state index in [9.17, 15) is 9.00 Å². The predicted molar refractivity (Wildman–Crippen MR) is 122 cm³/mol. The number of carbonyl (C=O) groups excluding carboxylic acids is 1. The first-order valence-corrected chi connectivity index (χ1v) is 13.2. The van der Waals surface area contributed by atoms with Crippen LogP contribution in [0.25, 0.3) is 0 Å². The van der Waals surface area contributed by atoms with Crippen molar-refractivity contribution in [2.75, 3.05) is 25.4 Å². The Morgan fingerprint density at radius 2 is 2.10 bits per heavy atom. The number of ether oxygens (including phenoxy) is 1. The molecule has 1 unspecified atom stereocenters. The highest BCUT2D eigenvalue weighted by Crippen LogP contribution is 2.24. The lowest BCUT2D eigenvalue weighted by Crippen LogP contribution is -2.28. The first-order chi connectivity index (χ1) is 14.2.